The molecule has 0 fully saturated rings. The Kier molecular flexibility index (Phi) is 4.34. The van der Waals surface area contributed by atoms with E-state index in [1.54, 1.807) is 13.8 Å². The van der Waals surface area contributed by atoms with E-state index in [-0.39, 0.29) is 11.5 Å². The van der Waals surface area contributed by atoms with Gasteiger partial charge < -0.3 is 4.74 Å². The second-order valence-corrected chi connectivity index (χ2v) is 4.32. The highest BCUT2D eigenvalue weighted by Gasteiger charge is 2.28. The second kappa shape index (κ2) is 5.36. The molecule has 0 saturated heterocycles. The molecule has 4 heteroatoms. The van der Waals surface area contributed by atoms with E-state index in [1.165, 1.54) is 20.1 Å². The van der Waals surface area contributed by atoms with Gasteiger partial charge >= 0.3 is 0 Å². The Balaban J connectivity index is 3.24. The number of ketones is 1. The third-order valence-corrected chi connectivity index (χ3v) is 2.65. The molecule has 0 aromatic heterocycles. The maximum atomic E-state index is 13.8. The van der Waals surface area contributed by atoms with Crippen molar-refractivity contribution in [1.29, 1.82) is 0 Å². The summed E-state index contributed by atoms with van der Waals surface area (Å²) in [5.74, 6) is -2.45. The fraction of sp³-hybridized carbons (Fsp3) is 0.462. The van der Waals surface area contributed by atoms with Crippen LogP contribution in [0.4, 0.5) is 8.78 Å². The Morgan fingerprint density at radius 2 is 1.88 bits per heavy atom. The largest absolute Gasteiger partial charge is 0.373 e. The third-order valence-electron chi connectivity index (χ3n) is 2.65. The first-order valence-electron chi connectivity index (χ1n) is 5.41. The molecule has 2 nitrogen and oxygen atoms in total. The normalized spacial score (nSPS) is 12.9. The molecule has 0 N–H and O–H groups in total. The summed E-state index contributed by atoms with van der Waals surface area (Å²) in [5.41, 5.74) is -0.265. The highest BCUT2D eigenvalue weighted by atomic mass is 19.1. The summed E-state index contributed by atoms with van der Waals surface area (Å²) < 4.78 is 32.3. The Morgan fingerprint density at radius 3 is 2.35 bits per heavy atom. The average Bonchev–Trinajstić information content (AvgIpc) is 2.24. The number of rotatable bonds is 4. The first-order chi connectivity index (χ1) is 7.90. The van der Waals surface area contributed by atoms with Crippen molar-refractivity contribution in [2.75, 3.05) is 7.11 Å². The molecule has 1 atom stereocenters. The van der Waals surface area contributed by atoms with Crippen LogP contribution in [0.3, 0.4) is 0 Å². The highest BCUT2D eigenvalue weighted by molar-refractivity contribution is 6.00. The summed E-state index contributed by atoms with van der Waals surface area (Å²) in [6.07, 6.45) is -0.833. The Labute approximate surface area is 99.6 Å². The number of hydrogen-bond acceptors (Lipinski definition) is 2. The van der Waals surface area contributed by atoms with Gasteiger partial charge in [0.05, 0.1) is 5.56 Å². The lowest BCUT2D eigenvalue weighted by molar-refractivity contribution is 0.0450. The number of Topliss-reactive ketones (excluding diaryl/α,β-unsaturated/α-hetero) is 1. The van der Waals surface area contributed by atoms with Gasteiger partial charge in [-0.1, -0.05) is 19.9 Å². The lowest BCUT2D eigenvalue weighted by atomic mass is 9.95. The van der Waals surface area contributed by atoms with Gasteiger partial charge in [0.1, 0.15) is 17.7 Å². The molecule has 0 bridgehead atoms. The molecule has 0 amide bonds. The summed E-state index contributed by atoms with van der Waals surface area (Å²) in [6.45, 7) is 5.01. The average molecular weight is 242 g/mol. The lowest BCUT2D eigenvalue weighted by Gasteiger charge is -2.18. The maximum Gasteiger partial charge on any atom is 0.197 e. The third kappa shape index (κ3) is 2.69. The molecule has 0 saturated carbocycles. The molecule has 0 heterocycles. The molecule has 1 rings (SSSR count). The topological polar surface area (TPSA) is 26.3 Å². The van der Waals surface area contributed by atoms with Crippen LogP contribution in [0.2, 0.25) is 0 Å². The van der Waals surface area contributed by atoms with Crippen LogP contribution in [0.5, 0.6) is 0 Å². The fourth-order valence-corrected chi connectivity index (χ4v) is 1.71. The van der Waals surface area contributed by atoms with E-state index in [4.69, 9.17) is 4.74 Å². The standard InChI is InChI=1S/C13H16F2O2/c1-7(2)13(17-4)12(16)10-9(14)6-5-8(3)11(10)15/h5-7,13H,1-4H3. The molecule has 94 valence electrons. The van der Waals surface area contributed by atoms with Crippen molar-refractivity contribution in [3.05, 3.63) is 34.9 Å². The Hall–Kier alpha value is -1.29. The molecule has 0 aliphatic carbocycles. The summed E-state index contributed by atoms with van der Waals surface area (Å²) in [6, 6.07) is 2.40. The molecule has 1 aromatic rings. The minimum Gasteiger partial charge on any atom is -0.373 e. The van der Waals surface area contributed by atoms with Crippen molar-refractivity contribution >= 4 is 5.78 Å². The number of halogens is 2. The van der Waals surface area contributed by atoms with E-state index in [0.29, 0.717) is 0 Å². The van der Waals surface area contributed by atoms with Crippen molar-refractivity contribution < 1.29 is 18.3 Å². The number of ether oxygens (including phenoxy) is 1. The first kappa shape index (κ1) is 13.8. The van der Waals surface area contributed by atoms with Crippen molar-refractivity contribution in [3.63, 3.8) is 0 Å². The van der Waals surface area contributed by atoms with Gasteiger partial charge in [-0.3, -0.25) is 4.79 Å². The minimum atomic E-state index is -0.846. The number of aryl methyl sites for hydroxylation is 1. The SMILES string of the molecule is COC(C(=O)c1c(F)ccc(C)c1F)C(C)C. The van der Waals surface area contributed by atoms with Crippen LogP contribution in [0, 0.1) is 24.5 Å². The van der Waals surface area contributed by atoms with Gasteiger partial charge in [-0.25, -0.2) is 8.78 Å². The molecular weight excluding hydrogens is 226 g/mol. The van der Waals surface area contributed by atoms with Crippen LogP contribution in [0.25, 0.3) is 0 Å². The van der Waals surface area contributed by atoms with Gasteiger partial charge in [0.15, 0.2) is 5.78 Å². The van der Waals surface area contributed by atoms with Crippen LogP contribution < -0.4 is 0 Å². The minimum absolute atomic E-state index is 0.146. The van der Waals surface area contributed by atoms with Crippen LogP contribution in [-0.2, 0) is 4.74 Å². The second-order valence-electron chi connectivity index (χ2n) is 4.32. The van der Waals surface area contributed by atoms with E-state index < -0.39 is 29.1 Å². The number of benzene rings is 1. The summed E-state index contributed by atoms with van der Waals surface area (Å²) in [7, 11) is 1.36. The Bertz CT molecular complexity index is 428. The predicted octanol–water partition coefficient (Wildman–Crippen LogP) is 3.13. The predicted molar refractivity (Wildman–Crippen MR) is 61.1 cm³/mol. The summed E-state index contributed by atoms with van der Waals surface area (Å²) >= 11 is 0. The van der Waals surface area contributed by atoms with Crippen molar-refractivity contribution in [2.45, 2.75) is 26.9 Å². The number of carbonyl (C=O) groups excluding carboxylic acids is 1. The summed E-state index contributed by atoms with van der Waals surface area (Å²) in [5, 5.41) is 0. The molecule has 0 spiro atoms. The van der Waals surface area contributed by atoms with Crippen LogP contribution in [0.1, 0.15) is 29.8 Å². The van der Waals surface area contributed by atoms with Crippen molar-refractivity contribution in [3.8, 4) is 0 Å². The quantitative estimate of drug-likeness (QED) is 0.758. The van der Waals surface area contributed by atoms with Crippen molar-refractivity contribution in [2.24, 2.45) is 5.92 Å². The van der Waals surface area contributed by atoms with E-state index in [0.717, 1.165) is 6.07 Å². The number of methoxy groups -OCH3 is 1. The van der Waals surface area contributed by atoms with E-state index in [9.17, 15) is 13.6 Å². The van der Waals surface area contributed by atoms with E-state index >= 15 is 0 Å². The first-order valence-corrected chi connectivity index (χ1v) is 5.41. The monoisotopic (exact) mass is 242 g/mol. The molecule has 1 aromatic carbocycles. The summed E-state index contributed by atoms with van der Waals surface area (Å²) in [4.78, 5) is 12.0. The fourth-order valence-electron chi connectivity index (χ4n) is 1.71. The van der Waals surface area contributed by atoms with Gasteiger partial charge in [0.2, 0.25) is 0 Å². The molecular formula is C13H16F2O2. The maximum absolute atomic E-state index is 13.8. The van der Waals surface area contributed by atoms with Gasteiger partial charge in [0, 0.05) is 7.11 Å². The lowest BCUT2D eigenvalue weighted by Crippen LogP contribution is -2.30. The highest BCUT2D eigenvalue weighted by Crippen LogP contribution is 2.21. The zero-order chi connectivity index (χ0) is 13.2. The van der Waals surface area contributed by atoms with Crippen LogP contribution in [0.15, 0.2) is 12.1 Å². The van der Waals surface area contributed by atoms with Gasteiger partial charge in [0.25, 0.3) is 0 Å². The smallest absolute Gasteiger partial charge is 0.197 e. The van der Waals surface area contributed by atoms with Gasteiger partial charge in [-0.15, -0.1) is 0 Å². The Morgan fingerprint density at radius 1 is 1.29 bits per heavy atom. The molecule has 0 aliphatic rings. The number of carbonyl (C=O) groups is 1. The van der Waals surface area contributed by atoms with Crippen LogP contribution >= 0.6 is 0 Å². The van der Waals surface area contributed by atoms with Crippen LogP contribution in [-0.4, -0.2) is 19.0 Å². The molecule has 1 unspecified atom stereocenters. The van der Waals surface area contributed by atoms with Gasteiger partial charge in [-0.2, -0.15) is 0 Å². The van der Waals surface area contributed by atoms with Gasteiger partial charge in [-0.05, 0) is 24.5 Å². The van der Waals surface area contributed by atoms with E-state index in [1.807, 2.05) is 0 Å². The zero-order valence-corrected chi connectivity index (χ0v) is 10.4. The zero-order valence-electron chi connectivity index (χ0n) is 10.4. The van der Waals surface area contributed by atoms with Crippen molar-refractivity contribution in [1.82, 2.24) is 0 Å². The number of hydrogen-bond donors (Lipinski definition) is 0. The molecule has 0 aliphatic heterocycles. The molecule has 17 heavy (non-hydrogen) atoms. The van der Waals surface area contributed by atoms with E-state index in [2.05, 4.69) is 0 Å². The molecule has 0 radical (unpaired) electrons.